The third-order valence-corrected chi connectivity index (χ3v) is 12.6. The average molecular weight is 657 g/mol. The molecular weight excluding hydrogens is 608 g/mol. The molecule has 2 saturated carbocycles. The fourth-order valence-corrected chi connectivity index (χ4v) is 10.2. The summed E-state index contributed by atoms with van der Waals surface area (Å²) in [6.45, 7) is 14.8. The Bertz CT molecular complexity index is 1490. The van der Waals surface area contributed by atoms with Gasteiger partial charge in [-0.3, -0.25) is 14.4 Å². The van der Waals surface area contributed by atoms with Crippen LogP contribution in [-0.2, 0) is 42.9 Å². The van der Waals surface area contributed by atoms with E-state index in [-0.39, 0.29) is 6.42 Å². The van der Waals surface area contributed by atoms with E-state index in [1.807, 2.05) is 34.6 Å². The summed E-state index contributed by atoms with van der Waals surface area (Å²) >= 11 is 0. The highest BCUT2D eigenvalue weighted by Crippen LogP contribution is 2.79. The first kappa shape index (κ1) is 33.7. The van der Waals surface area contributed by atoms with Crippen LogP contribution in [0, 0.1) is 39.9 Å². The van der Waals surface area contributed by atoms with Crippen LogP contribution in [0.15, 0.2) is 34.7 Å². The molecule has 1 spiro atoms. The number of carbonyl (C=O) groups is 4. The molecular formula is C36H48O11. The standard InChI is InChI=1S/C36H48O11/c1-10-19(4)28(40)46-31-35(41)29(45-27(39)18(2)3)32(5,6)22(15-24(37)42-9)34(8)21-11-13-33(7)23(36(21,31)47-30(34)35)16-25(38)44-26(33)20-12-14-43-17-20/h12,14,16-19,21-22,26,29-31,41H,10-11,13,15H2,1-9H3/t19?,21?,22-,26-,29-,30-,31+,33+,34+,35?,36?/m0/s1. The van der Waals surface area contributed by atoms with E-state index in [9.17, 15) is 24.3 Å². The molecule has 3 aliphatic heterocycles. The van der Waals surface area contributed by atoms with Gasteiger partial charge in [0.1, 0.15) is 23.9 Å². The third kappa shape index (κ3) is 4.30. The molecule has 5 aliphatic rings. The van der Waals surface area contributed by atoms with Crippen molar-refractivity contribution in [3.8, 4) is 0 Å². The quantitative estimate of drug-likeness (QED) is 0.302. The zero-order chi connectivity index (χ0) is 34.5. The molecule has 0 aromatic carbocycles. The number of furan rings is 1. The number of fused-ring (bicyclic) bond motifs is 2. The summed E-state index contributed by atoms with van der Waals surface area (Å²) in [5, 5.41) is 13.3. The number of hydrogen-bond acceptors (Lipinski definition) is 11. The predicted molar refractivity (Wildman–Crippen MR) is 165 cm³/mol. The van der Waals surface area contributed by atoms with Crippen molar-refractivity contribution in [1.29, 1.82) is 0 Å². The van der Waals surface area contributed by atoms with Crippen molar-refractivity contribution in [3.05, 3.63) is 35.8 Å². The monoisotopic (exact) mass is 656 g/mol. The number of aliphatic hydroxyl groups is 1. The van der Waals surface area contributed by atoms with E-state index < -0.39 is 99.4 Å². The smallest absolute Gasteiger partial charge is 0.331 e. The van der Waals surface area contributed by atoms with Crippen LogP contribution in [0.3, 0.4) is 0 Å². The van der Waals surface area contributed by atoms with Gasteiger partial charge in [-0.05, 0) is 36.8 Å². The fraction of sp³-hybridized carbons (Fsp3) is 0.722. The van der Waals surface area contributed by atoms with Crippen LogP contribution in [0.25, 0.3) is 0 Å². The first-order valence-electron chi connectivity index (χ1n) is 16.8. The molecule has 4 heterocycles. The van der Waals surface area contributed by atoms with Crippen molar-refractivity contribution >= 4 is 23.9 Å². The molecule has 258 valence electrons. The van der Waals surface area contributed by atoms with Crippen LogP contribution in [0.5, 0.6) is 0 Å². The van der Waals surface area contributed by atoms with Crippen LogP contribution in [0.2, 0.25) is 0 Å². The van der Waals surface area contributed by atoms with Gasteiger partial charge in [-0.1, -0.05) is 55.4 Å². The van der Waals surface area contributed by atoms with Crippen LogP contribution in [0.4, 0.5) is 0 Å². The number of methoxy groups -OCH3 is 1. The lowest BCUT2D eigenvalue weighted by Crippen LogP contribution is -2.80. The molecule has 1 aromatic heterocycles. The Morgan fingerprint density at radius 1 is 1.06 bits per heavy atom. The summed E-state index contributed by atoms with van der Waals surface area (Å²) in [7, 11) is 1.33. The molecule has 4 fully saturated rings. The van der Waals surface area contributed by atoms with Gasteiger partial charge in [0.15, 0.2) is 11.7 Å². The number of carbonyl (C=O) groups excluding carboxylic acids is 4. The fourth-order valence-electron chi connectivity index (χ4n) is 10.2. The number of hydrogen-bond donors (Lipinski definition) is 1. The van der Waals surface area contributed by atoms with Crippen molar-refractivity contribution < 1.29 is 52.4 Å². The Labute approximate surface area is 275 Å². The minimum atomic E-state index is -2.04. The highest BCUT2D eigenvalue weighted by Gasteiger charge is 2.90. The number of esters is 4. The lowest BCUT2D eigenvalue weighted by atomic mass is 9.37. The summed E-state index contributed by atoms with van der Waals surface area (Å²) in [5.41, 5.74) is -5.07. The molecule has 0 amide bonds. The summed E-state index contributed by atoms with van der Waals surface area (Å²) < 4.78 is 36.4. The normalized spacial score (nSPS) is 41.7. The van der Waals surface area contributed by atoms with Crippen molar-refractivity contribution in [3.63, 3.8) is 0 Å². The van der Waals surface area contributed by atoms with Gasteiger partial charge in [0, 0.05) is 40.2 Å². The topological polar surface area (TPSA) is 148 Å². The van der Waals surface area contributed by atoms with Gasteiger partial charge in [-0.2, -0.15) is 0 Å². The summed E-state index contributed by atoms with van der Waals surface area (Å²) in [6, 6.07) is 1.75. The second kappa shape index (κ2) is 10.9. The average Bonchev–Trinajstić information content (AvgIpc) is 3.71. The lowest BCUT2D eigenvalue weighted by molar-refractivity contribution is -0.293. The van der Waals surface area contributed by atoms with Gasteiger partial charge in [-0.25, -0.2) is 4.79 Å². The van der Waals surface area contributed by atoms with Crippen LogP contribution < -0.4 is 0 Å². The maximum atomic E-state index is 13.8. The maximum absolute atomic E-state index is 13.8. The molecule has 2 saturated heterocycles. The Hall–Kier alpha value is -3.18. The van der Waals surface area contributed by atoms with Crippen molar-refractivity contribution in [2.75, 3.05) is 7.11 Å². The molecule has 1 N–H and O–H groups in total. The maximum Gasteiger partial charge on any atom is 0.331 e. The molecule has 11 nitrogen and oxygen atoms in total. The molecule has 47 heavy (non-hydrogen) atoms. The second-order valence-electron chi connectivity index (χ2n) is 15.7. The van der Waals surface area contributed by atoms with Gasteiger partial charge in [0.25, 0.3) is 0 Å². The summed E-state index contributed by atoms with van der Waals surface area (Å²) in [6.07, 6.45) is 1.72. The number of ether oxygens (including phenoxy) is 5. The first-order valence-corrected chi connectivity index (χ1v) is 16.8. The Balaban J connectivity index is 1.62. The minimum absolute atomic E-state index is 0.0222. The van der Waals surface area contributed by atoms with E-state index >= 15 is 0 Å². The predicted octanol–water partition coefficient (Wildman–Crippen LogP) is 4.85. The molecule has 1 aromatic rings. The van der Waals surface area contributed by atoms with Crippen LogP contribution in [0.1, 0.15) is 92.7 Å². The molecule has 6 rings (SSSR count). The van der Waals surface area contributed by atoms with Gasteiger partial charge in [-0.15, -0.1) is 0 Å². The molecule has 2 bridgehead atoms. The van der Waals surface area contributed by atoms with E-state index in [4.69, 9.17) is 28.1 Å². The molecule has 2 aliphatic carbocycles. The number of rotatable bonds is 8. The van der Waals surface area contributed by atoms with E-state index in [0.717, 1.165) is 0 Å². The molecule has 4 unspecified atom stereocenters. The van der Waals surface area contributed by atoms with E-state index in [2.05, 4.69) is 0 Å². The summed E-state index contributed by atoms with van der Waals surface area (Å²) in [5.74, 6) is -4.05. The van der Waals surface area contributed by atoms with Crippen molar-refractivity contribution in [2.24, 2.45) is 39.9 Å². The highest BCUT2D eigenvalue weighted by molar-refractivity contribution is 5.86. The second-order valence-corrected chi connectivity index (χ2v) is 15.7. The largest absolute Gasteiger partial charge is 0.472 e. The Kier molecular flexibility index (Phi) is 7.83. The molecule has 11 heteroatoms. The summed E-state index contributed by atoms with van der Waals surface area (Å²) in [4.78, 5) is 53.7. The lowest BCUT2D eigenvalue weighted by Gasteiger charge is -2.67. The van der Waals surface area contributed by atoms with E-state index in [1.54, 1.807) is 33.1 Å². The van der Waals surface area contributed by atoms with Crippen LogP contribution >= 0.6 is 0 Å². The van der Waals surface area contributed by atoms with Gasteiger partial charge < -0.3 is 33.2 Å². The van der Waals surface area contributed by atoms with Gasteiger partial charge in [0.05, 0.1) is 31.5 Å². The SMILES string of the molecule is CCC(C)C(=O)O[C@H]1C23O[C@@H]4C1(O)[C@@H](OC(=O)C(C)C)C(C)(C)[C@H](CC(=O)OC)[C@@]4(C)C2CC[C@]1(C)C3=CC(=O)O[C@H]1c1ccoc1. The molecule has 11 atom stereocenters. The third-order valence-electron chi connectivity index (χ3n) is 12.6. The van der Waals surface area contributed by atoms with E-state index in [0.29, 0.717) is 30.4 Å². The Morgan fingerprint density at radius 3 is 2.34 bits per heavy atom. The van der Waals surface area contributed by atoms with Crippen molar-refractivity contribution in [2.45, 2.75) is 117 Å². The molecule has 0 radical (unpaired) electrons. The van der Waals surface area contributed by atoms with Crippen LogP contribution in [-0.4, -0.2) is 65.6 Å². The zero-order valence-corrected chi connectivity index (χ0v) is 28.8. The van der Waals surface area contributed by atoms with Gasteiger partial charge >= 0.3 is 23.9 Å². The Morgan fingerprint density at radius 2 is 1.74 bits per heavy atom. The van der Waals surface area contributed by atoms with Gasteiger partial charge in [0.2, 0.25) is 0 Å². The minimum Gasteiger partial charge on any atom is -0.472 e. The van der Waals surface area contributed by atoms with E-state index in [1.165, 1.54) is 19.4 Å². The first-order chi connectivity index (χ1) is 21.9. The van der Waals surface area contributed by atoms with Crippen molar-refractivity contribution in [1.82, 2.24) is 0 Å². The zero-order valence-electron chi connectivity index (χ0n) is 28.8. The number of cyclic esters (lactones) is 1. The highest BCUT2D eigenvalue weighted by atomic mass is 16.6.